The van der Waals surface area contributed by atoms with Crippen LogP contribution in [0, 0.1) is 0 Å². The maximum absolute atomic E-state index is 12.3. The minimum atomic E-state index is -3.58. The lowest BCUT2D eigenvalue weighted by Gasteiger charge is -2.10. The average Bonchev–Trinajstić information content (AvgIpc) is 2.58. The van der Waals surface area contributed by atoms with Crippen molar-refractivity contribution in [3.63, 3.8) is 0 Å². The summed E-state index contributed by atoms with van der Waals surface area (Å²) in [6.45, 7) is -0.110. The molecule has 0 fully saturated rings. The minimum absolute atomic E-state index is 0.0191. The monoisotopic (exact) mass is 364 g/mol. The molecule has 0 aliphatic heterocycles. The van der Waals surface area contributed by atoms with E-state index in [1.165, 1.54) is 43.6 Å². The Balaban J connectivity index is 2.24. The molecule has 132 valence electrons. The molecule has 0 spiro atoms. The number of hydrogen-bond acceptors (Lipinski definition) is 6. The van der Waals surface area contributed by atoms with Crippen LogP contribution in [0.2, 0.25) is 0 Å². The number of nitrogens with one attached hydrogen (secondary N) is 1. The summed E-state index contributed by atoms with van der Waals surface area (Å²) in [7, 11) is -2.25. The van der Waals surface area contributed by atoms with Crippen LogP contribution in [-0.4, -0.2) is 43.8 Å². The smallest absolute Gasteiger partial charge is 0.337 e. The van der Waals surface area contributed by atoms with E-state index < -0.39 is 21.7 Å². The van der Waals surface area contributed by atoms with E-state index in [2.05, 4.69) is 10.3 Å². The molecular formula is C16H16N2O6S. The highest BCUT2D eigenvalue weighted by Gasteiger charge is 2.18. The number of hydrogen-bond donors (Lipinski definition) is 2. The number of aromatic nitrogens is 1. The first-order valence-corrected chi connectivity index (χ1v) is 8.96. The summed E-state index contributed by atoms with van der Waals surface area (Å²) in [5, 5.41) is 11.6. The van der Waals surface area contributed by atoms with Crippen LogP contribution in [0.4, 0.5) is 0 Å². The Labute approximate surface area is 144 Å². The van der Waals surface area contributed by atoms with Crippen LogP contribution in [-0.2, 0) is 16.4 Å². The molecule has 25 heavy (non-hydrogen) atoms. The Kier molecular flexibility index (Phi) is 5.38. The van der Waals surface area contributed by atoms with Gasteiger partial charge in [-0.3, -0.25) is 9.78 Å². The fourth-order valence-electron chi connectivity index (χ4n) is 2.15. The number of methoxy groups -OCH3 is 1. The Bertz CT molecular complexity index is 924. The van der Waals surface area contributed by atoms with E-state index in [0.29, 0.717) is 0 Å². The maximum atomic E-state index is 12.3. The van der Waals surface area contributed by atoms with Crippen LogP contribution < -0.4 is 10.1 Å². The number of carboxylic acids is 1. The van der Waals surface area contributed by atoms with Crippen molar-refractivity contribution in [1.29, 1.82) is 0 Å². The van der Waals surface area contributed by atoms with E-state index in [0.717, 1.165) is 6.26 Å². The Morgan fingerprint density at radius 1 is 1.28 bits per heavy atom. The highest BCUT2D eigenvalue weighted by atomic mass is 32.2. The number of pyridine rings is 1. The fraction of sp³-hybridized carbons (Fsp3) is 0.188. The SMILES string of the molecule is COc1ccc(C(=O)NCc2ncccc2C(=O)O)cc1S(C)(=O)=O. The van der Waals surface area contributed by atoms with Crippen molar-refractivity contribution >= 4 is 21.7 Å². The van der Waals surface area contributed by atoms with Gasteiger partial charge in [0.1, 0.15) is 10.6 Å². The van der Waals surface area contributed by atoms with Crippen molar-refractivity contribution in [3.8, 4) is 5.75 Å². The molecule has 0 bridgehead atoms. The van der Waals surface area contributed by atoms with Crippen molar-refractivity contribution in [2.24, 2.45) is 0 Å². The minimum Gasteiger partial charge on any atom is -0.495 e. The van der Waals surface area contributed by atoms with Gasteiger partial charge in [0.05, 0.1) is 24.9 Å². The van der Waals surface area contributed by atoms with Gasteiger partial charge in [-0.1, -0.05) is 0 Å². The number of carbonyl (C=O) groups is 2. The number of rotatable bonds is 6. The Morgan fingerprint density at radius 2 is 2.00 bits per heavy atom. The molecule has 2 N–H and O–H groups in total. The molecule has 1 heterocycles. The molecule has 1 aromatic carbocycles. The lowest BCUT2D eigenvalue weighted by atomic mass is 10.1. The van der Waals surface area contributed by atoms with E-state index in [-0.39, 0.29) is 34.0 Å². The molecule has 8 nitrogen and oxygen atoms in total. The first kappa shape index (κ1) is 18.4. The summed E-state index contributed by atoms with van der Waals surface area (Å²) in [4.78, 5) is 27.2. The van der Waals surface area contributed by atoms with Crippen LogP contribution in [0.15, 0.2) is 41.4 Å². The molecular weight excluding hydrogens is 348 g/mol. The second-order valence-corrected chi connectivity index (χ2v) is 7.11. The number of sulfone groups is 1. The highest BCUT2D eigenvalue weighted by Crippen LogP contribution is 2.24. The zero-order valence-corrected chi connectivity index (χ0v) is 14.3. The highest BCUT2D eigenvalue weighted by molar-refractivity contribution is 7.90. The lowest BCUT2D eigenvalue weighted by molar-refractivity contribution is 0.0693. The zero-order valence-electron chi connectivity index (χ0n) is 13.5. The van der Waals surface area contributed by atoms with E-state index in [1.807, 2.05) is 0 Å². The van der Waals surface area contributed by atoms with Crippen molar-refractivity contribution in [2.45, 2.75) is 11.4 Å². The van der Waals surface area contributed by atoms with Crippen LogP contribution in [0.1, 0.15) is 26.4 Å². The topological polar surface area (TPSA) is 123 Å². The number of benzene rings is 1. The van der Waals surface area contributed by atoms with Crippen LogP contribution in [0.3, 0.4) is 0 Å². The predicted molar refractivity (Wildman–Crippen MR) is 88.5 cm³/mol. The molecule has 0 unspecified atom stereocenters. The van der Waals surface area contributed by atoms with Gasteiger partial charge in [0.2, 0.25) is 0 Å². The van der Waals surface area contributed by atoms with Gasteiger partial charge in [0.25, 0.3) is 5.91 Å². The Hall–Kier alpha value is -2.94. The third-order valence-corrected chi connectivity index (χ3v) is 4.48. The number of amides is 1. The molecule has 0 atom stereocenters. The van der Waals surface area contributed by atoms with Crippen molar-refractivity contribution in [1.82, 2.24) is 10.3 Å². The number of carboxylic acid groups (broad SMARTS) is 1. The van der Waals surface area contributed by atoms with E-state index in [9.17, 15) is 18.0 Å². The maximum Gasteiger partial charge on any atom is 0.337 e. The molecule has 0 saturated carbocycles. The van der Waals surface area contributed by atoms with Gasteiger partial charge in [-0.05, 0) is 30.3 Å². The first-order valence-electron chi connectivity index (χ1n) is 7.07. The van der Waals surface area contributed by atoms with E-state index >= 15 is 0 Å². The molecule has 0 aliphatic carbocycles. The van der Waals surface area contributed by atoms with E-state index in [1.54, 1.807) is 0 Å². The molecule has 2 aromatic rings. The van der Waals surface area contributed by atoms with E-state index in [4.69, 9.17) is 9.84 Å². The number of carbonyl (C=O) groups excluding carboxylic acids is 1. The number of aromatic carboxylic acids is 1. The van der Waals surface area contributed by atoms with Gasteiger partial charge in [-0.25, -0.2) is 13.2 Å². The van der Waals surface area contributed by atoms with Gasteiger partial charge < -0.3 is 15.2 Å². The molecule has 2 rings (SSSR count). The summed E-state index contributed by atoms with van der Waals surface area (Å²) in [5.74, 6) is -1.58. The molecule has 1 amide bonds. The van der Waals surface area contributed by atoms with Crippen LogP contribution >= 0.6 is 0 Å². The molecule has 1 aromatic heterocycles. The fourth-order valence-corrected chi connectivity index (χ4v) is 3.01. The summed E-state index contributed by atoms with van der Waals surface area (Å²) >= 11 is 0. The van der Waals surface area contributed by atoms with Crippen molar-refractivity contribution < 1.29 is 27.9 Å². The number of nitrogens with zero attached hydrogens (tertiary/aromatic N) is 1. The van der Waals surface area contributed by atoms with Gasteiger partial charge in [-0.2, -0.15) is 0 Å². The van der Waals surface area contributed by atoms with Crippen molar-refractivity contribution in [2.75, 3.05) is 13.4 Å². The van der Waals surface area contributed by atoms with Gasteiger partial charge in [0.15, 0.2) is 9.84 Å². The van der Waals surface area contributed by atoms with Crippen molar-refractivity contribution in [3.05, 3.63) is 53.3 Å². The second-order valence-electron chi connectivity index (χ2n) is 5.12. The first-order chi connectivity index (χ1) is 11.7. The molecule has 0 aliphatic rings. The molecule has 0 saturated heterocycles. The predicted octanol–water partition coefficient (Wildman–Crippen LogP) is 1.12. The largest absolute Gasteiger partial charge is 0.495 e. The van der Waals surface area contributed by atoms with Crippen LogP contribution in [0.25, 0.3) is 0 Å². The molecule has 9 heteroatoms. The molecule has 0 radical (unpaired) electrons. The summed E-state index contributed by atoms with van der Waals surface area (Å²) in [6, 6.07) is 6.87. The van der Waals surface area contributed by atoms with Crippen LogP contribution in [0.5, 0.6) is 5.75 Å². The van der Waals surface area contributed by atoms with Gasteiger partial charge in [0, 0.05) is 18.0 Å². The number of ether oxygens (including phenoxy) is 1. The summed E-state index contributed by atoms with van der Waals surface area (Å²) in [5.41, 5.74) is 0.281. The summed E-state index contributed by atoms with van der Waals surface area (Å²) in [6.07, 6.45) is 2.43. The third kappa shape index (κ3) is 4.32. The zero-order chi connectivity index (χ0) is 18.6. The average molecular weight is 364 g/mol. The Morgan fingerprint density at radius 3 is 2.60 bits per heavy atom. The lowest BCUT2D eigenvalue weighted by Crippen LogP contribution is -2.25. The normalized spacial score (nSPS) is 11.0. The summed E-state index contributed by atoms with van der Waals surface area (Å²) < 4.78 is 28.6. The van der Waals surface area contributed by atoms with Gasteiger partial charge in [-0.15, -0.1) is 0 Å². The third-order valence-electron chi connectivity index (χ3n) is 3.36. The van der Waals surface area contributed by atoms with Gasteiger partial charge >= 0.3 is 5.97 Å². The second kappa shape index (κ2) is 7.31. The standard InChI is InChI=1S/C16H16N2O6S/c1-24-13-6-5-10(8-14(13)25(2,22)23)15(19)18-9-12-11(16(20)21)4-3-7-17-12/h3-8H,9H2,1-2H3,(H,18,19)(H,20,21). The quantitative estimate of drug-likeness (QED) is 0.787.